The number of carbonyl (C=O) groups is 2. The summed E-state index contributed by atoms with van der Waals surface area (Å²) < 4.78 is 46.5. The molecular weight excluding hydrogens is 813 g/mol. The first-order valence-corrected chi connectivity index (χ1v) is 34.4. The van der Waals surface area contributed by atoms with Crippen LogP contribution in [0.4, 0.5) is 9.59 Å². The van der Waals surface area contributed by atoms with Crippen LogP contribution in [0, 0.1) is 13.8 Å². The lowest BCUT2D eigenvalue weighted by atomic mass is 9.77. The summed E-state index contributed by atoms with van der Waals surface area (Å²) in [4.78, 5) is 25.0. The Balaban J connectivity index is 1.75. The molecule has 0 amide bonds. The summed E-state index contributed by atoms with van der Waals surface area (Å²) in [5.41, 5.74) is 3.30. The molecule has 2 aromatic rings. The average Bonchev–Trinajstić information content (AvgIpc) is 3.13. The molecule has 14 heteroatoms. The zero-order chi connectivity index (χ0) is 44.3. The van der Waals surface area contributed by atoms with E-state index in [2.05, 4.69) is 80.1 Å². The molecule has 0 radical (unpaired) electrons. The summed E-state index contributed by atoms with van der Waals surface area (Å²) in [6.45, 7) is 33.1. The van der Waals surface area contributed by atoms with E-state index in [4.69, 9.17) is 36.7 Å². The second kappa shape index (κ2) is 25.0. The number of hydrogen-bond acceptors (Lipinski definition) is 10. The fraction of sp³-hybridized carbons (Fsp3) is 0.689. The van der Waals surface area contributed by atoms with Gasteiger partial charge in [-0.2, -0.15) is 0 Å². The lowest BCUT2D eigenvalue weighted by Crippen LogP contribution is -2.44. The quantitative estimate of drug-likeness (QED) is 0.0355. The Morgan fingerprint density at radius 2 is 0.847 bits per heavy atom. The first kappa shape index (κ1) is 52.8. The summed E-state index contributed by atoms with van der Waals surface area (Å²) >= 11 is 0. The second-order valence-corrected chi connectivity index (χ2v) is 36.6. The van der Waals surface area contributed by atoms with Gasteiger partial charge in [0.2, 0.25) is 0 Å². The first-order valence-electron chi connectivity index (χ1n) is 22.0. The monoisotopic (exact) mass is 892 g/mol. The Kier molecular flexibility index (Phi) is 22.3. The highest BCUT2D eigenvalue weighted by molar-refractivity contribution is 6.85. The van der Waals surface area contributed by atoms with E-state index < -0.39 is 51.0 Å². The van der Waals surface area contributed by atoms with Crippen LogP contribution in [0.1, 0.15) is 88.5 Å². The number of carbonyl (C=O) groups excluding carboxylic acids is 2. The highest BCUT2D eigenvalue weighted by atomic mass is 28.4. The Hall–Kier alpha value is -2.31. The maximum atomic E-state index is 12.5. The Labute approximate surface area is 362 Å². The van der Waals surface area contributed by atoms with Crippen molar-refractivity contribution >= 4 is 45.6 Å². The van der Waals surface area contributed by atoms with Gasteiger partial charge in [0.15, 0.2) is 33.3 Å². The lowest BCUT2D eigenvalue weighted by Gasteiger charge is -2.34. The zero-order valence-electron chi connectivity index (χ0n) is 39.4. The Morgan fingerprint density at radius 1 is 0.508 bits per heavy atom. The summed E-state index contributed by atoms with van der Waals surface area (Å²) in [6.07, 6.45) is 5.24. The van der Waals surface area contributed by atoms with E-state index in [0.717, 1.165) is 47.2 Å². The van der Waals surface area contributed by atoms with Crippen molar-refractivity contribution in [3.63, 3.8) is 0 Å². The van der Waals surface area contributed by atoms with Crippen LogP contribution in [-0.2, 0) is 32.6 Å². The van der Waals surface area contributed by atoms with E-state index in [9.17, 15) is 9.59 Å². The van der Waals surface area contributed by atoms with E-state index >= 15 is 0 Å². The Morgan fingerprint density at radius 3 is 1.17 bits per heavy atom. The largest absolute Gasteiger partial charge is 0.513 e. The van der Waals surface area contributed by atoms with Crippen LogP contribution in [0.25, 0.3) is 0 Å². The van der Waals surface area contributed by atoms with Crippen molar-refractivity contribution in [3.8, 4) is 11.5 Å². The first-order chi connectivity index (χ1) is 27.5. The summed E-state index contributed by atoms with van der Waals surface area (Å²) in [5, 5.41) is 0. The van der Waals surface area contributed by atoms with E-state index in [0.29, 0.717) is 37.9 Å². The van der Waals surface area contributed by atoms with Crippen LogP contribution in [0.5, 0.6) is 11.5 Å². The minimum Gasteiger partial charge on any atom is -0.455 e. The van der Waals surface area contributed by atoms with Gasteiger partial charge < -0.3 is 36.7 Å². The molecule has 0 aliphatic rings. The fourth-order valence-corrected chi connectivity index (χ4v) is 25.4. The van der Waals surface area contributed by atoms with Crippen molar-refractivity contribution in [2.45, 2.75) is 162 Å². The predicted octanol–water partition coefficient (Wildman–Crippen LogP) is 12.9. The maximum absolute atomic E-state index is 12.5. The van der Waals surface area contributed by atoms with Gasteiger partial charge in [-0.1, -0.05) is 77.6 Å². The third kappa shape index (κ3) is 20.9. The van der Waals surface area contributed by atoms with Gasteiger partial charge in [-0.3, -0.25) is 0 Å². The normalized spacial score (nSPS) is 12.7. The average molecular weight is 893 g/mol. The zero-order valence-corrected chi connectivity index (χ0v) is 43.4. The van der Waals surface area contributed by atoms with Crippen LogP contribution in [0.2, 0.25) is 76.6 Å². The second-order valence-electron chi connectivity index (χ2n) is 18.9. The smallest absolute Gasteiger partial charge is 0.455 e. The van der Waals surface area contributed by atoms with Crippen molar-refractivity contribution in [2.75, 3.05) is 39.6 Å². The van der Waals surface area contributed by atoms with Crippen LogP contribution >= 0.6 is 0 Å². The molecule has 2 rings (SSSR count). The molecule has 0 aliphatic heterocycles. The highest BCUT2D eigenvalue weighted by Crippen LogP contribution is 2.36. The number of unbranched alkanes of at least 4 members (excludes halogenated alkanes) is 2. The third-order valence-corrected chi connectivity index (χ3v) is 25.7. The van der Waals surface area contributed by atoms with Gasteiger partial charge in [0.1, 0.15) is 24.7 Å². The van der Waals surface area contributed by atoms with Crippen LogP contribution in [0.3, 0.4) is 0 Å². The van der Waals surface area contributed by atoms with E-state index in [-0.39, 0.29) is 13.2 Å². The van der Waals surface area contributed by atoms with Crippen LogP contribution in [0.15, 0.2) is 36.4 Å². The van der Waals surface area contributed by atoms with Crippen molar-refractivity contribution in [1.29, 1.82) is 0 Å². The topological polar surface area (TPSA) is 108 Å². The molecule has 0 aliphatic carbocycles. The molecule has 0 fully saturated rings. The van der Waals surface area contributed by atoms with Gasteiger partial charge in [0.05, 0.1) is 13.2 Å². The molecule has 0 unspecified atom stereocenters. The highest BCUT2D eigenvalue weighted by Gasteiger charge is 2.33. The van der Waals surface area contributed by atoms with Crippen molar-refractivity contribution < 1.29 is 46.2 Å². The number of benzene rings is 2. The summed E-state index contributed by atoms with van der Waals surface area (Å²) in [5.74, 6) is 0.881. The van der Waals surface area contributed by atoms with E-state index in [1.807, 2.05) is 38.1 Å². The summed E-state index contributed by atoms with van der Waals surface area (Å²) in [7, 11) is -6.70. The predicted molar refractivity (Wildman–Crippen MR) is 250 cm³/mol. The van der Waals surface area contributed by atoms with Crippen LogP contribution < -0.4 is 9.47 Å². The van der Waals surface area contributed by atoms with Crippen molar-refractivity contribution in [1.82, 2.24) is 0 Å². The minimum absolute atomic E-state index is 0.123. The van der Waals surface area contributed by atoms with Crippen molar-refractivity contribution in [2.24, 2.45) is 0 Å². The molecule has 10 nitrogen and oxygen atoms in total. The molecule has 0 heterocycles. The number of aryl methyl sites for hydroxylation is 2. The molecule has 0 saturated heterocycles. The number of ether oxygens (including phenoxy) is 6. The van der Waals surface area contributed by atoms with Gasteiger partial charge >= 0.3 is 12.3 Å². The molecule has 0 saturated carbocycles. The van der Waals surface area contributed by atoms with E-state index in [1.54, 1.807) is 12.1 Å². The van der Waals surface area contributed by atoms with Gasteiger partial charge in [-0.05, 0) is 138 Å². The molecule has 336 valence electrons. The Bertz CT molecular complexity index is 1460. The molecular formula is C45H80O10Si4. The lowest BCUT2D eigenvalue weighted by molar-refractivity contribution is 0.0517. The molecule has 0 N–H and O–H groups in total. The minimum atomic E-state index is -1.74. The number of rotatable bonds is 28. The van der Waals surface area contributed by atoms with Crippen LogP contribution in [-0.4, -0.2) is 85.2 Å². The standard InChI is InChI=1S/C45H80O10Si4/c1-15-17-31-56(7,8)54-58(11,12)33-19-25-48-27-29-50-43(46)52-41-23-21-39(35-37(41)3)45(5,6)40-22-24-42(38(4)36-40)53-44(47)51-30-28-49-26-20-34-59(13,14)55-57(9,10)32-18-16-2/h21-24,35-36H,15-20,25-34H2,1-14H3. The van der Waals surface area contributed by atoms with Gasteiger partial charge in [-0.15, -0.1) is 0 Å². The SMILES string of the molecule is CCCC[Si](C)(C)O[Si](C)(C)CCCOCCOC(=O)Oc1ccc(C(C)(C)c2ccc(OC(=O)OCCOCCC[Si](C)(C)O[Si](C)(C)CCCC)c(C)c2)cc1C. The molecule has 0 bridgehead atoms. The maximum Gasteiger partial charge on any atom is 0.513 e. The van der Waals surface area contributed by atoms with E-state index in [1.165, 1.54) is 37.8 Å². The van der Waals surface area contributed by atoms with Gasteiger partial charge in [0.25, 0.3) is 0 Å². The van der Waals surface area contributed by atoms with Gasteiger partial charge in [0, 0.05) is 18.6 Å². The van der Waals surface area contributed by atoms with Gasteiger partial charge in [-0.25, -0.2) is 9.59 Å². The third-order valence-electron chi connectivity index (χ3n) is 10.6. The van der Waals surface area contributed by atoms with Crippen molar-refractivity contribution in [3.05, 3.63) is 58.7 Å². The molecule has 59 heavy (non-hydrogen) atoms. The molecule has 0 spiro atoms. The molecule has 0 aromatic heterocycles. The molecule has 0 atom stereocenters. The molecule has 2 aromatic carbocycles. The fourth-order valence-electron chi connectivity index (χ4n) is 7.39. The summed E-state index contributed by atoms with van der Waals surface area (Å²) in [6, 6.07) is 16.0. The number of hydrogen-bond donors (Lipinski definition) is 0.